The van der Waals surface area contributed by atoms with Crippen LogP contribution in [0, 0.1) is 6.92 Å². The molecule has 21 heavy (non-hydrogen) atoms. The van der Waals surface area contributed by atoms with E-state index in [2.05, 4.69) is 15.3 Å². The first-order chi connectivity index (χ1) is 10.0. The minimum atomic E-state index is -0.435. The fourth-order valence-corrected chi connectivity index (χ4v) is 2.85. The zero-order chi connectivity index (χ0) is 15.3. The van der Waals surface area contributed by atoms with Crippen molar-refractivity contribution in [3.8, 4) is 0 Å². The second kappa shape index (κ2) is 6.63. The van der Waals surface area contributed by atoms with Gasteiger partial charge >= 0.3 is 0 Å². The molecule has 1 atom stereocenters. The van der Waals surface area contributed by atoms with E-state index in [-0.39, 0.29) is 5.91 Å². The highest BCUT2D eigenvalue weighted by Crippen LogP contribution is 2.27. The predicted molar refractivity (Wildman–Crippen MR) is 85.9 cm³/mol. The molecule has 1 amide bonds. The largest absolute Gasteiger partial charge is 0.341 e. The van der Waals surface area contributed by atoms with Gasteiger partial charge in [-0.05, 0) is 38.0 Å². The van der Waals surface area contributed by atoms with Gasteiger partial charge in [0.25, 0.3) is 0 Å². The minimum Gasteiger partial charge on any atom is -0.341 e. The van der Waals surface area contributed by atoms with Crippen LogP contribution in [-0.2, 0) is 10.3 Å². The Balaban J connectivity index is 2.08. The van der Waals surface area contributed by atoms with Gasteiger partial charge < -0.3 is 5.32 Å². The second-order valence-corrected chi connectivity index (χ2v) is 5.95. The van der Waals surface area contributed by atoms with Gasteiger partial charge in [-0.25, -0.2) is 4.98 Å². The molecule has 0 spiro atoms. The third-order valence-electron chi connectivity index (χ3n) is 3.31. The van der Waals surface area contributed by atoms with Gasteiger partial charge in [-0.1, -0.05) is 13.0 Å². The van der Waals surface area contributed by atoms with E-state index in [4.69, 9.17) is 0 Å². The molecule has 0 radical (unpaired) electrons. The predicted octanol–water partition coefficient (Wildman–Crippen LogP) is 3.30. The van der Waals surface area contributed by atoms with Crippen molar-refractivity contribution in [3.63, 3.8) is 0 Å². The van der Waals surface area contributed by atoms with Gasteiger partial charge in [-0.2, -0.15) is 0 Å². The van der Waals surface area contributed by atoms with E-state index >= 15 is 0 Å². The molecule has 2 heterocycles. The Morgan fingerprint density at radius 3 is 2.90 bits per heavy atom. The molecule has 0 saturated carbocycles. The highest BCUT2D eigenvalue weighted by atomic mass is 32.1. The van der Waals surface area contributed by atoms with Crippen LogP contribution in [0.5, 0.6) is 0 Å². The van der Waals surface area contributed by atoms with Crippen molar-refractivity contribution in [2.75, 3.05) is 0 Å². The lowest BCUT2D eigenvalue weighted by molar-refractivity contribution is -0.118. The van der Waals surface area contributed by atoms with E-state index < -0.39 is 5.54 Å². The van der Waals surface area contributed by atoms with Gasteiger partial charge in [0.05, 0.1) is 5.54 Å². The summed E-state index contributed by atoms with van der Waals surface area (Å²) in [5.41, 5.74) is 1.45. The first kappa shape index (κ1) is 15.4. The second-order valence-electron chi connectivity index (χ2n) is 5.09. The summed E-state index contributed by atoms with van der Waals surface area (Å²) in [5.74, 6) is -0.129. The minimum absolute atomic E-state index is 0.129. The number of thiazole rings is 1. The summed E-state index contributed by atoms with van der Waals surface area (Å²) in [6, 6.07) is 3.74. The zero-order valence-corrected chi connectivity index (χ0v) is 13.3. The van der Waals surface area contributed by atoms with Crippen molar-refractivity contribution in [1.82, 2.24) is 15.3 Å². The van der Waals surface area contributed by atoms with Crippen molar-refractivity contribution in [2.45, 2.75) is 32.7 Å². The van der Waals surface area contributed by atoms with Crippen molar-refractivity contribution in [1.29, 1.82) is 0 Å². The number of pyridine rings is 1. The van der Waals surface area contributed by atoms with E-state index in [1.807, 2.05) is 38.3 Å². The monoisotopic (exact) mass is 301 g/mol. The first-order valence-corrected chi connectivity index (χ1v) is 7.74. The van der Waals surface area contributed by atoms with E-state index in [1.54, 1.807) is 29.8 Å². The van der Waals surface area contributed by atoms with Crippen LogP contribution in [0.15, 0.2) is 36.0 Å². The molecule has 2 rings (SSSR count). The highest BCUT2D eigenvalue weighted by molar-refractivity contribution is 7.09. The molecule has 0 saturated heterocycles. The van der Waals surface area contributed by atoms with Crippen LogP contribution in [0.1, 0.15) is 36.5 Å². The molecule has 0 fully saturated rings. The van der Waals surface area contributed by atoms with Crippen LogP contribution in [-0.4, -0.2) is 15.9 Å². The maximum atomic E-state index is 12.1. The lowest BCUT2D eigenvalue weighted by Crippen LogP contribution is -2.42. The molecule has 2 aromatic heterocycles. The average molecular weight is 301 g/mol. The van der Waals surface area contributed by atoms with E-state index in [1.165, 1.54) is 6.08 Å². The number of carbonyl (C=O) groups is 1. The summed E-state index contributed by atoms with van der Waals surface area (Å²) in [6.07, 6.45) is 7.49. The van der Waals surface area contributed by atoms with Crippen LogP contribution in [0.4, 0.5) is 0 Å². The summed E-state index contributed by atoms with van der Waals surface area (Å²) < 4.78 is 0. The third kappa shape index (κ3) is 3.98. The Kier molecular flexibility index (Phi) is 4.85. The van der Waals surface area contributed by atoms with E-state index in [0.717, 1.165) is 22.7 Å². The lowest BCUT2D eigenvalue weighted by Gasteiger charge is -2.26. The molecule has 5 heteroatoms. The number of nitrogens with zero attached hydrogens (tertiary/aromatic N) is 2. The van der Waals surface area contributed by atoms with Gasteiger partial charge in [0.1, 0.15) is 5.01 Å². The molecule has 0 bridgehead atoms. The van der Waals surface area contributed by atoms with Crippen LogP contribution in [0.3, 0.4) is 0 Å². The Labute approximate surface area is 129 Å². The van der Waals surface area contributed by atoms with Crippen LogP contribution < -0.4 is 5.32 Å². The number of aryl methyl sites for hydroxylation is 1. The Bertz CT molecular complexity index is 636. The summed E-state index contributed by atoms with van der Waals surface area (Å²) in [4.78, 5) is 20.6. The molecule has 4 nitrogen and oxygen atoms in total. The van der Waals surface area contributed by atoms with Gasteiger partial charge in [0.15, 0.2) is 0 Å². The Hall–Kier alpha value is -2.01. The van der Waals surface area contributed by atoms with Crippen molar-refractivity contribution < 1.29 is 4.79 Å². The quantitative estimate of drug-likeness (QED) is 0.862. The van der Waals surface area contributed by atoms with Gasteiger partial charge in [-0.3, -0.25) is 9.78 Å². The summed E-state index contributed by atoms with van der Waals surface area (Å²) in [5, 5.41) is 5.98. The fraction of sp³-hybridized carbons (Fsp3) is 0.312. The topological polar surface area (TPSA) is 54.9 Å². The van der Waals surface area contributed by atoms with Crippen LogP contribution in [0.25, 0.3) is 6.08 Å². The molecule has 1 N–H and O–H groups in total. The van der Waals surface area contributed by atoms with Gasteiger partial charge in [0, 0.05) is 29.5 Å². The maximum Gasteiger partial charge on any atom is 0.244 e. The molecular weight excluding hydrogens is 282 g/mol. The standard InChI is InChI=1S/C16H19N3OS/c1-4-16(3,15-18-12(2)11-21-15)19-14(20)8-7-13-6-5-9-17-10-13/h5-11H,4H2,1-3H3,(H,19,20). The zero-order valence-electron chi connectivity index (χ0n) is 12.5. The molecule has 0 aliphatic carbocycles. The molecule has 2 aromatic rings. The SMILES string of the molecule is CCC(C)(NC(=O)C=Cc1cccnc1)c1nc(C)cs1. The normalized spacial score (nSPS) is 14.0. The first-order valence-electron chi connectivity index (χ1n) is 6.86. The number of hydrogen-bond acceptors (Lipinski definition) is 4. The van der Waals surface area contributed by atoms with Crippen molar-refractivity contribution in [2.24, 2.45) is 0 Å². The Morgan fingerprint density at radius 1 is 1.52 bits per heavy atom. The number of amides is 1. The lowest BCUT2D eigenvalue weighted by atomic mass is 10.00. The number of carbonyl (C=O) groups excluding carboxylic acids is 1. The third-order valence-corrected chi connectivity index (χ3v) is 4.53. The molecule has 0 aliphatic rings. The fourth-order valence-electron chi connectivity index (χ4n) is 1.86. The molecule has 0 aliphatic heterocycles. The molecule has 1 unspecified atom stereocenters. The number of nitrogens with one attached hydrogen (secondary N) is 1. The number of hydrogen-bond donors (Lipinski definition) is 1. The van der Waals surface area contributed by atoms with Crippen LogP contribution >= 0.6 is 11.3 Å². The number of aromatic nitrogens is 2. The summed E-state index contributed by atoms with van der Waals surface area (Å²) in [7, 11) is 0. The summed E-state index contributed by atoms with van der Waals surface area (Å²) >= 11 is 1.58. The summed E-state index contributed by atoms with van der Waals surface area (Å²) in [6.45, 7) is 6.00. The number of rotatable bonds is 5. The van der Waals surface area contributed by atoms with E-state index in [0.29, 0.717) is 0 Å². The molecular formula is C16H19N3OS. The smallest absolute Gasteiger partial charge is 0.244 e. The Morgan fingerprint density at radius 2 is 2.33 bits per heavy atom. The van der Waals surface area contributed by atoms with Crippen molar-refractivity contribution in [3.05, 3.63) is 52.2 Å². The molecule has 0 aromatic carbocycles. The average Bonchev–Trinajstić information content (AvgIpc) is 2.93. The maximum absolute atomic E-state index is 12.1. The van der Waals surface area contributed by atoms with Crippen molar-refractivity contribution >= 4 is 23.3 Å². The van der Waals surface area contributed by atoms with Crippen LogP contribution in [0.2, 0.25) is 0 Å². The van der Waals surface area contributed by atoms with Gasteiger partial charge in [0.2, 0.25) is 5.91 Å². The van der Waals surface area contributed by atoms with E-state index in [9.17, 15) is 4.79 Å². The molecule has 110 valence electrons. The highest BCUT2D eigenvalue weighted by Gasteiger charge is 2.28. The van der Waals surface area contributed by atoms with Gasteiger partial charge in [-0.15, -0.1) is 11.3 Å².